The van der Waals surface area contributed by atoms with Gasteiger partial charge in [-0.2, -0.15) is 13.2 Å². The van der Waals surface area contributed by atoms with Gasteiger partial charge >= 0.3 is 6.18 Å². The van der Waals surface area contributed by atoms with Crippen molar-refractivity contribution in [2.45, 2.75) is 31.7 Å². The second kappa shape index (κ2) is 10.7. The molecule has 2 amide bonds. The maximum absolute atomic E-state index is 14.1. The summed E-state index contributed by atoms with van der Waals surface area (Å²) in [6.45, 7) is 1.54. The molecule has 1 atom stereocenters. The fraction of sp³-hybridized carbons (Fsp3) is 0.241. The van der Waals surface area contributed by atoms with Gasteiger partial charge in [-0.05, 0) is 61.0 Å². The number of carbonyl (C=O) groups excluding carboxylic acids is 2. The van der Waals surface area contributed by atoms with Crippen molar-refractivity contribution in [2.75, 3.05) is 18.8 Å². The molecule has 3 aromatic heterocycles. The van der Waals surface area contributed by atoms with E-state index in [2.05, 4.69) is 15.3 Å². The van der Waals surface area contributed by atoms with Gasteiger partial charge in [-0.15, -0.1) is 0 Å². The molecule has 1 fully saturated rings. The monoisotopic (exact) mass is 567 g/mol. The lowest BCUT2D eigenvalue weighted by atomic mass is 10.0. The number of anilines is 1. The van der Waals surface area contributed by atoms with Crippen LogP contribution in [0.5, 0.6) is 0 Å². The van der Waals surface area contributed by atoms with Crippen LogP contribution >= 0.6 is 0 Å². The largest absolute Gasteiger partial charge is 0.459 e. The van der Waals surface area contributed by atoms with Crippen LogP contribution in [0.25, 0.3) is 28.3 Å². The number of halogens is 4. The molecule has 41 heavy (non-hydrogen) atoms. The van der Waals surface area contributed by atoms with Gasteiger partial charge in [0.2, 0.25) is 5.91 Å². The molecule has 1 saturated heterocycles. The van der Waals surface area contributed by atoms with Gasteiger partial charge in [0.05, 0.1) is 29.9 Å². The predicted molar refractivity (Wildman–Crippen MR) is 144 cm³/mol. The number of likely N-dealkylation sites (tertiary alicyclic amines) is 1. The molecule has 4 heterocycles. The second-order valence-electron chi connectivity index (χ2n) is 10.0. The predicted octanol–water partition coefficient (Wildman–Crippen LogP) is 5.39. The number of furan rings is 1. The highest BCUT2D eigenvalue weighted by Gasteiger charge is 2.37. The van der Waals surface area contributed by atoms with Crippen molar-refractivity contribution >= 4 is 34.7 Å². The third kappa shape index (κ3) is 6.37. The Morgan fingerprint density at radius 2 is 1.95 bits per heavy atom. The lowest BCUT2D eigenvalue weighted by Crippen LogP contribution is -2.31. The normalized spacial score (nSPS) is 17.4. The Morgan fingerprint density at radius 1 is 1.15 bits per heavy atom. The van der Waals surface area contributed by atoms with Crippen molar-refractivity contribution < 1.29 is 31.6 Å². The van der Waals surface area contributed by atoms with Crippen molar-refractivity contribution in [3.63, 3.8) is 0 Å². The van der Waals surface area contributed by atoms with E-state index in [0.717, 1.165) is 6.07 Å². The second-order valence-corrected chi connectivity index (χ2v) is 10.0. The Hall–Kier alpha value is -4.74. The zero-order chi connectivity index (χ0) is 29.4. The summed E-state index contributed by atoms with van der Waals surface area (Å²) in [4.78, 5) is 34.4. The molecule has 1 aliphatic rings. The Kier molecular flexibility index (Phi) is 7.24. The van der Waals surface area contributed by atoms with Crippen LogP contribution in [0.3, 0.4) is 0 Å². The van der Waals surface area contributed by atoms with Crippen LogP contribution in [-0.4, -0.2) is 45.4 Å². The van der Waals surface area contributed by atoms with Crippen LogP contribution in [0.2, 0.25) is 0 Å². The van der Waals surface area contributed by atoms with Crippen LogP contribution < -0.4 is 11.1 Å². The van der Waals surface area contributed by atoms with Gasteiger partial charge in [0.15, 0.2) is 0 Å². The van der Waals surface area contributed by atoms with Crippen LogP contribution in [0.4, 0.5) is 23.4 Å². The SMILES string of the molecule is C[C@]1(F)CCN(C(=O)c2ccc(-c3cc(C(F)(F)F)c4oc(CNC(=O)/C=C\c5ccc(N)nc5)cc4c3)nc2)C1. The smallest absolute Gasteiger partial charge is 0.420 e. The van der Waals surface area contributed by atoms with Gasteiger partial charge in [-0.1, -0.05) is 0 Å². The number of hydrogen-bond donors (Lipinski definition) is 2. The maximum Gasteiger partial charge on any atom is 0.420 e. The Balaban J connectivity index is 1.34. The maximum atomic E-state index is 14.1. The number of alkyl halides is 4. The summed E-state index contributed by atoms with van der Waals surface area (Å²) in [5.74, 6) is -0.413. The minimum atomic E-state index is -4.73. The summed E-state index contributed by atoms with van der Waals surface area (Å²) in [5.41, 5.74) is 3.94. The van der Waals surface area contributed by atoms with Crippen LogP contribution in [0.1, 0.15) is 40.6 Å². The summed E-state index contributed by atoms with van der Waals surface area (Å²) in [5, 5.41) is 2.74. The number of nitrogen functional groups attached to an aromatic ring is 1. The fourth-order valence-electron chi connectivity index (χ4n) is 4.54. The zero-order valence-corrected chi connectivity index (χ0v) is 21.8. The Morgan fingerprint density at radius 3 is 2.59 bits per heavy atom. The highest BCUT2D eigenvalue weighted by molar-refractivity contribution is 5.95. The first-order chi connectivity index (χ1) is 19.4. The molecule has 0 spiro atoms. The van der Waals surface area contributed by atoms with E-state index in [1.807, 2.05) is 0 Å². The number of rotatable bonds is 6. The molecule has 12 heteroatoms. The average molecular weight is 568 g/mol. The average Bonchev–Trinajstić information content (AvgIpc) is 3.52. The third-order valence-corrected chi connectivity index (χ3v) is 6.66. The van der Waals surface area contributed by atoms with Crippen molar-refractivity contribution in [2.24, 2.45) is 0 Å². The van der Waals surface area contributed by atoms with Crippen LogP contribution in [0, 0.1) is 0 Å². The molecule has 5 rings (SSSR count). The van der Waals surface area contributed by atoms with Gasteiger partial charge < -0.3 is 20.4 Å². The molecule has 0 unspecified atom stereocenters. The van der Waals surface area contributed by atoms with E-state index in [0.29, 0.717) is 11.4 Å². The van der Waals surface area contributed by atoms with E-state index in [-0.39, 0.29) is 59.6 Å². The van der Waals surface area contributed by atoms with Gasteiger partial charge in [-0.25, -0.2) is 9.37 Å². The van der Waals surface area contributed by atoms with Crippen molar-refractivity contribution in [1.29, 1.82) is 0 Å². The molecule has 0 radical (unpaired) electrons. The number of pyridine rings is 2. The van der Waals surface area contributed by atoms with Gasteiger partial charge in [-0.3, -0.25) is 14.6 Å². The van der Waals surface area contributed by atoms with Gasteiger partial charge in [0, 0.05) is 42.4 Å². The van der Waals surface area contributed by atoms with Crippen molar-refractivity contribution in [1.82, 2.24) is 20.2 Å². The van der Waals surface area contributed by atoms with E-state index in [9.17, 15) is 27.2 Å². The standard InChI is InChI=1S/C29H25F4N5O3/c1-28(30)8-9-38(16-28)27(40)18-4-5-23(35-14-18)19-10-20-11-21(41-26(20)22(12-19)29(31,32)33)15-37-25(39)7-3-17-2-6-24(34)36-13-17/h2-7,10-14H,8-9,15-16H2,1H3,(H2,34,36)(H,37,39)/b7-3-/t28-/m0/s1. The number of fused-ring (bicyclic) bond motifs is 1. The topological polar surface area (TPSA) is 114 Å². The first-order valence-corrected chi connectivity index (χ1v) is 12.6. The van der Waals surface area contributed by atoms with E-state index in [1.54, 1.807) is 12.1 Å². The molecule has 1 aromatic carbocycles. The molecular formula is C29H25F4N5O3. The molecule has 0 aliphatic carbocycles. The first kappa shape index (κ1) is 27.8. The first-order valence-electron chi connectivity index (χ1n) is 12.6. The van der Waals surface area contributed by atoms with Gasteiger partial charge in [0.25, 0.3) is 5.91 Å². The number of nitrogens with zero attached hydrogens (tertiary/aromatic N) is 3. The minimum Gasteiger partial charge on any atom is -0.459 e. The van der Waals surface area contributed by atoms with E-state index in [4.69, 9.17) is 10.2 Å². The van der Waals surface area contributed by atoms with E-state index in [1.165, 1.54) is 60.6 Å². The molecular weight excluding hydrogens is 542 g/mol. The molecule has 4 aromatic rings. The summed E-state index contributed by atoms with van der Waals surface area (Å²) in [6, 6.07) is 10.0. The molecule has 8 nitrogen and oxygen atoms in total. The highest BCUT2D eigenvalue weighted by atomic mass is 19.4. The third-order valence-electron chi connectivity index (χ3n) is 6.66. The summed E-state index contributed by atoms with van der Waals surface area (Å²) < 4.78 is 61.6. The molecule has 212 valence electrons. The number of benzene rings is 1. The van der Waals surface area contributed by atoms with Crippen molar-refractivity contribution in [3.8, 4) is 11.3 Å². The summed E-state index contributed by atoms with van der Waals surface area (Å²) in [7, 11) is 0. The number of carbonyl (C=O) groups is 2. The number of nitrogens with one attached hydrogen (secondary N) is 1. The number of amides is 2. The summed E-state index contributed by atoms with van der Waals surface area (Å²) >= 11 is 0. The summed E-state index contributed by atoms with van der Waals surface area (Å²) in [6.07, 6.45) is 1.04. The lowest BCUT2D eigenvalue weighted by molar-refractivity contribution is -0.136. The number of aromatic nitrogens is 2. The lowest BCUT2D eigenvalue weighted by Gasteiger charge is -2.17. The quantitative estimate of drug-likeness (QED) is 0.238. The van der Waals surface area contributed by atoms with Crippen LogP contribution in [-0.2, 0) is 17.5 Å². The molecule has 3 N–H and O–H groups in total. The van der Waals surface area contributed by atoms with Gasteiger partial charge in [0.1, 0.15) is 22.8 Å². The van der Waals surface area contributed by atoms with E-state index >= 15 is 0 Å². The number of hydrogen-bond acceptors (Lipinski definition) is 6. The molecule has 0 bridgehead atoms. The molecule has 1 aliphatic heterocycles. The van der Waals surface area contributed by atoms with E-state index < -0.39 is 29.2 Å². The Bertz CT molecular complexity index is 1630. The zero-order valence-electron chi connectivity index (χ0n) is 21.8. The molecule has 0 saturated carbocycles. The fourth-order valence-corrected chi connectivity index (χ4v) is 4.54. The Labute approximate surface area is 231 Å². The number of nitrogens with two attached hydrogens (primary N) is 1. The minimum absolute atomic E-state index is 0.0289. The highest BCUT2D eigenvalue weighted by Crippen LogP contribution is 2.39. The van der Waals surface area contributed by atoms with Crippen molar-refractivity contribution in [3.05, 3.63) is 83.4 Å². The van der Waals surface area contributed by atoms with Crippen LogP contribution in [0.15, 0.2) is 65.4 Å².